The number of Topliss-reactive ketones (excluding diaryl/α,β-unsaturated/α-hetero) is 1. The molecule has 0 saturated carbocycles. The summed E-state index contributed by atoms with van der Waals surface area (Å²) in [4.78, 5) is 55.8. The topological polar surface area (TPSA) is 125 Å². The van der Waals surface area contributed by atoms with Gasteiger partial charge in [-0.15, -0.1) is 0 Å². The van der Waals surface area contributed by atoms with Gasteiger partial charge in [-0.05, 0) is 48.9 Å². The van der Waals surface area contributed by atoms with Crippen LogP contribution in [0.25, 0.3) is 0 Å². The van der Waals surface area contributed by atoms with Crippen molar-refractivity contribution >= 4 is 23.7 Å². The van der Waals surface area contributed by atoms with Crippen molar-refractivity contribution in [3.8, 4) is 11.5 Å². The van der Waals surface area contributed by atoms with Crippen molar-refractivity contribution in [1.82, 2.24) is 15.1 Å². The van der Waals surface area contributed by atoms with Crippen LogP contribution in [0.1, 0.15) is 75.3 Å². The molecular weight excluding hydrogens is 514 g/mol. The fourth-order valence-electron chi connectivity index (χ4n) is 5.39. The number of unbranched alkanes of at least 4 members (excludes halogenated alkanes) is 1. The fraction of sp³-hybridized carbons (Fsp3) is 0.467. The fourth-order valence-corrected chi connectivity index (χ4v) is 5.39. The molecule has 10 heteroatoms. The van der Waals surface area contributed by atoms with Crippen LogP contribution in [0.15, 0.2) is 48.5 Å². The lowest BCUT2D eigenvalue weighted by Gasteiger charge is -2.37. The summed E-state index contributed by atoms with van der Waals surface area (Å²) in [6, 6.07) is 12.4. The molecule has 2 aliphatic heterocycles. The summed E-state index contributed by atoms with van der Waals surface area (Å²) < 4.78 is 10.8. The van der Waals surface area contributed by atoms with Crippen molar-refractivity contribution in [3.05, 3.63) is 59.7 Å². The second-order valence-corrected chi connectivity index (χ2v) is 11.2. The Bertz CT molecular complexity index is 1260. The highest BCUT2D eigenvalue weighted by Crippen LogP contribution is 2.39. The Morgan fingerprint density at radius 1 is 1.10 bits per heavy atom. The summed E-state index contributed by atoms with van der Waals surface area (Å²) in [7, 11) is 0. The number of amides is 3. The Kier molecular flexibility index (Phi) is 8.66. The van der Waals surface area contributed by atoms with Gasteiger partial charge in [0.05, 0.1) is 6.04 Å². The molecule has 4 rings (SSSR count). The van der Waals surface area contributed by atoms with Gasteiger partial charge in [-0.25, -0.2) is 4.79 Å². The molecule has 0 spiro atoms. The summed E-state index contributed by atoms with van der Waals surface area (Å²) in [5.41, 5.74) is 0.720. The van der Waals surface area contributed by atoms with Gasteiger partial charge in [0.2, 0.25) is 12.6 Å². The molecule has 0 radical (unpaired) electrons. The number of hydrogen-bond acceptors (Lipinski definition) is 6. The first-order valence-corrected chi connectivity index (χ1v) is 13.6. The normalized spacial score (nSPS) is 18.6. The number of ether oxygens (including phenoxy) is 2. The van der Waals surface area contributed by atoms with E-state index in [1.54, 1.807) is 25.1 Å². The maximum atomic E-state index is 13.8. The minimum absolute atomic E-state index is 0.0608. The van der Waals surface area contributed by atoms with E-state index in [0.29, 0.717) is 36.3 Å². The maximum Gasteiger partial charge on any atom is 0.409 e. The van der Waals surface area contributed by atoms with Gasteiger partial charge < -0.3 is 24.8 Å². The molecule has 1 fully saturated rings. The molecule has 1 saturated heterocycles. The van der Waals surface area contributed by atoms with E-state index in [2.05, 4.69) is 5.32 Å². The number of carboxylic acid groups (broad SMARTS) is 1. The predicted molar refractivity (Wildman–Crippen MR) is 147 cm³/mol. The number of ketones is 1. The number of carbonyl (C=O) groups is 4. The number of carbonyl (C=O) groups excluding carboxylic acids is 3. The molecule has 2 heterocycles. The molecule has 40 heavy (non-hydrogen) atoms. The average molecular weight is 552 g/mol. The molecule has 0 bridgehead atoms. The van der Waals surface area contributed by atoms with Gasteiger partial charge in [0, 0.05) is 12.1 Å². The van der Waals surface area contributed by atoms with Crippen LogP contribution in [0.5, 0.6) is 11.5 Å². The van der Waals surface area contributed by atoms with E-state index in [1.165, 1.54) is 4.90 Å². The Hall–Kier alpha value is -4.08. The van der Waals surface area contributed by atoms with Gasteiger partial charge in [0.15, 0.2) is 11.5 Å². The van der Waals surface area contributed by atoms with Crippen molar-refractivity contribution in [2.75, 3.05) is 13.3 Å². The molecule has 2 aromatic carbocycles. The van der Waals surface area contributed by atoms with Crippen LogP contribution in [0.4, 0.5) is 4.79 Å². The molecule has 0 aromatic heterocycles. The quantitative estimate of drug-likeness (QED) is 0.414. The molecule has 214 valence electrons. The third-order valence-corrected chi connectivity index (χ3v) is 7.46. The standard InChI is InChI=1S/C30H37N3O7/c1-5-6-12-22(26(34)27(35)31-19(2)20-10-8-7-9-11-20)33(29(37)38)25-16-30(3,4)17-32(25)28(36)21-13-14-23-24(15-21)40-18-39-23/h7-11,13-15,19,22,25H,5-6,12,16-18H2,1-4H3,(H,31,35)(H,37,38)/t19?,22-,25?/m0/s1. The lowest BCUT2D eigenvalue weighted by molar-refractivity contribution is -0.142. The lowest BCUT2D eigenvalue weighted by Crippen LogP contribution is -2.58. The minimum atomic E-state index is -1.36. The third-order valence-electron chi connectivity index (χ3n) is 7.46. The van der Waals surface area contributed by atoms with Gasteiger partial charge in [0.1, 0.15) is 12.2 Å². The number of nitrogens with one attached hydrogen (secondary N) is 1. The first-order chi connectivity index (χ1) is 19.0. The van der Waals surface area contributed by atoms with E-state index in [9.17, 15) is 24.3 Å². The maximum absolute atomic E-state index is 13.8. The third kappa shape index (κ3) is 6.21. The zero-order valence-electron chi connectivity index (χ0n) is 23.4. The van der Waals surface area contributed by atoms with Crippen molar-refractivity contribution in [2.45, 2.75) is 71.6 Å². The molecule has 2 unspecified atom stereocenters. The van der Waals surface area contributed by atoms with Crippen LogP contribution in [-0.4, -0.2) is 64.1 Å². The van der Waals surface area contributed by atoms with Crippen molar-refractivity contribution in [2.24, 2.45) is 5.41 Å². The second kappa shape index (κ2) is 12.0. The lowest BCUT2D eigenvalue weighted by atomic mass is 9.91. The summed E-state index contributed by atoms with van der Waals surface area (Å²) in [6.45, 7) is 7.93. The van der Waals surface area contributed by atoms with Crippen molar-refractivity contribution in [1.29, 1.82) is 0 Å². The molecule has 0 aliphatic carbocycles. The Balaban J connectivity index is 1.63. The van der Waals surface area contributed by atoms with Gasteiger partial charge in [-0.3, -0.25) is 19.3 Å². The van der Waals surface area contributed by atoms with Crippen LogP contribution in [0.3, 0.4) is 0 Å². The summed E-state index contributed by atoms with van der Waals surface area (Å²) >= 11 is 0. The van der Waals surface area contributed by atoms with E-state index in [0.717, 1.165) is 10.5 Å². The van der Waals surface area contributed by atoms with Crippen LogP contribution in [0.2, 0.25) is 0 Å². The first-order valence-electron chi connectivity index (χ1n) is 13.6. The van der Waals surface area contributed by atoms with Crippen LogP contribution < -0.4 is 14.8 Å². The van der Waals surface area contributed by atoms with E-state index in [1.807, 2.05) is 51.1 Å². The molecule has 2 aromatic rings. The summed E-state index contributed by atoms with van der Waals surface area (Å²) in [6.07, 6.45) is -0.575. The number of nitrogens with zero attached hydrogens (tertiary/aromatic N) is 2. The van der Waals surface area contributed by atoms with Gasteiger partial charge in [-0.1, -0.05) is 63.9 Å². The van der Waals surface area contributed by atoms with E-state index in [-0.39, 0.29) is 25.7 Å². The van der Waals surface area contributed by atoms with Crippen LogP contribution >= 0.6 is 0 Å². The highest BCUT2D eigenvalue weighted by molar-refractivity contribution is 6.38. The molecular formula is C30H37N3O7. The van der Waals surface area contributed by atoms with Crippen molar-refractivity contribution in [3.63, 3.8) is 0 Å². The second-order valence-electron chi connectivity index (χ2n) is 11.2. The van der Waals surface area contributed by atoms with Crippen LogP contribution in [-0.2, 0) is 9.59 Å². The Labute approximate surface area is 234 Å². The monoisotopic (exact) mass is 551 g/mol. The molecule has 3 atom stereocenters. The molecule has 10 nitrogen and oxygen atoms in total. The number of rotatable bonds is 10. The highest BCUT2D eigenvalue weighted by Gasteiger charge is 2.48. The number of fused-ring (bicyclic) bond motifs is 1. The zero-order chi connectivity index (χ0) is 29.0. The first kappa shape index (κ1) is 28.9. The number of benzene rings is 2. The molecule has 2 aliphatic rings. The zero-order valence-corrected chi connectivity index (χ0v) is 23.4. The number of likely N-dealkylation sites (tertiary alicyclic amines) is 1. The highest BCUT2D eigenvalue weighted by atomic mass is 16.7. The Morgan fingerprint density at radius 3 is 2.48 bits per heavy atom. The average Bonchev–Trinajstić information content (AvgIpc) is 3.53. The van der Waals surface area contributed by atoms with E-state index >= 15 is 0 Å². The van der Waals surface area contributed by atoms with E-state index < -0.39 is 41.4 Å². The van der Waals surface area contributed by atoms with Crippen LogP contribution in [0, 0.1) is 5.41 Å². The molecule has 3 amide bonds. The van der Waals surface area contributed by atoms with E-state index in [4.69, 9.17) is 9.47 Å². The largest absolute Gasteiger partial charge is 0.465 e. The van der Waals surface area contributed by atoms with Gasteiger partial charge in [-0.2, -0.15) is 0 Å². The van der Waals surface area contributed by atoms with Gasteiger partial charge in [0.25, 0.3) is 11.8 Å². The number of hydrogen-bond donors (Lipinski definition) is 2. The van der Waals surface area contributed by atoms with Gasteiger partial charge >= 0.3 is 6.09 Å². The molecule has 2 N–H and O–H groups in total. The minimum Gasteiger partial charge on any atom is -0.465 e. The predicted octanol–water partition coefficient (Wildman–Crippen LogP) is 4.60. The summed E-state index contributed by atoms with van der Waals surface area (Å²) in [5.74, 6) is -1.10. The SMILES string of the molecule is CCCC[C@@H](C(=O)C(=O)NC(C)c1ccccc1)N(C(=O)O)C1CC(C)(C)CN1C(=O)c1ccc2c(c1)OCO2. The summed E-state index contributed by atoms with van der Waals surface area (Å²) in [5, 5.41) is 13.2. The van der Waals surface area contributed by atoms with Crippen molar-refractivity contribution < 1.29 is 33.8 Å². The Morgan fingerprint density at radius 2 is 1.80 bits per heavy atom. The smallest absolute Gasteiger partial charge is 0.409 e.